The second-order valence-electron chi connectivity index (χ2n) is 7.79. The Kier molecular flexibility index (Phi) is 5.68. The zero-order chi connectivity index (χ0) is 21.2. The highest BCUT2D eigenvalue weighted by Gasteiger charge is 2.40. The van der Waals surface area contributed by atoms with Gasteiger partial charge in [0.15, 0.2) is 5.54 Å². The molecule has 0 fully saturated rings. The minimum Gasteiger partial charge on any atom is -0.386 e. The van der Waals surface area contributed by atoms with Gasteiger partial charge in [-0.2, -0.15) is 0 Å². The molecule has 29 heavy (non-hydrogen) atoms. The summed E-state index contributed by atoms with van der Waals surface area (Å²) in [6.07, 6.45) is 5.08. The Bertz CT molecular complexity index is 973. The number of nitrogens with two attached hydrogens (primary N) is 1. The van der Waals surface area contributed by atoms with Gasteiger partial charge in [-0.25, -0.2) is 4.99 Å². The fourth-order valence-electron chi connectivity index (χ4n) is 3.57. The Balaban J connectivity index is 1.84. The summed E-state index contributed by atoms with van der Waals surface area (Å²) in [5, 5.41) is 2.92. The van der Waals surface area contributed by atoms with Crippen LogP contribution in [0.4, 0.5) is 5.69 Å². The van der Waals surface area contributed by atoms with Gasteiger partial charge in [0.2, 0.25) is 0 Å². The molecule has 0 spiro atoms. The topological polar surface area (TPSA) is 100 Å². The predicted molar refractivity (Wildman–Crippen MR) is 116 cm³/mol. The van der Waals surface area contributed by atoms with E-state index in [1.54, 1.807) is 43.3 Å². The van der Waals surface area contributed by atoms with Crippen molar-refractivity contribution in [3.63, 3.8) is 0 Å². The summed E-state index contributed by atoms with van der Waals surface area (Å²) in [5.41, 5.74) is 8.77. The first-order valence-electron chi connectivity index (χ1n) is 9.61. The van der Waals surface area contributed by atoms with E-state index in [0.29, 0.717) is 35.6 Å². The van der Waals surface area contributed by atoms with E-state index in [4.69, 9.17) is 5.73 Å². The highest BCUT2D eigenvalue weighted by Crippen LogP contribution is 2.31. The lowest BCUT2D eigenvalue weighted by atomic mass is 9.89. The molecule has 1 atom stereocenters. The number of allylic oxidation sites excluding steroid dienone is 2. The molecule has 0 saturated carbocycles. The van der Waals surface area contributed by atoms with Crippen molar-refractivity contribution in [3.8, 4) is 0 Å². The summed E-state index contributed by atoms with van der Waals surface area (Å²) in [5.74, 6) is 0.0685. The number of nitrogens with zero attached hydrogens (tertiary/aromatic N) is 3. The number of hydrogen-bond acceptors (Lipinski definition) is 5. The molecule has 7 heteroatoms. The Morgan fingerprint density at radius 3 is 2.79 bits per heavy atom. The van der Waals surface area contributed by atoms with Gasteiger partial charge in [0.1, 0.15) is 5.84 Å². The van der Waals surface area contributed by atoms with E-state index in [-0.39, 0.29) is 11.8 Å². The molecule has 7 nitrogen and oxygen atoms in total. The van der Waals surface area contributed by atoms with Crippen LogP contribution in [0.5, 0.6) is 0 Å². The quantitative estimate of drug-likeness (QED) is 0.826. The molecule has 2 aliphatic rings. The van der Waals surface area contributed by atoms with Crippen molar-refractivity contribution >= 4 is 29.0 Å². The van der Waals surface area contributed by atoms with E-state index in [2.05, 4.69) is 15.3 Å². The number of benzene rings is 1. The molecule has 152 valence electrons. The van der Waals surface area contributed by atoms with Crippen LogP contribution in [0, 0.1) is 0 Å². The Morgan fingerprint density at radius 2 is 2.03 bits per heavy atom. The summed E-state index contributed by atoms with van der Waals surface area (Å²) < 4.78 is 0. The van der Waals surface area contributed by atoms with Crippen LogP contribution >= 0.6 is 0 Å². The number of carbonyl (C=O) groups excluding carboxylic acids is 2. The maximum Gasteiger partial charge on any atom is 0.255 e. The SMILES string of the molecule is CC1=CC(C)=NC=C(C(=O)Nc2cccc(C3(C)N=C(N)CN(C)C3=O)c2)CC1. The molecule has 0 bridgehead atoms. The molecule has 0 aromatic heterocycles. The molecule has 2 aliphatic heterocycles. The van der Waals surface area contributed by atoms with E-state index in [0.717, 1.165) is 12.1 Å². The number of amidine groups is 1. The van der Waals surface area contributed by atoms with E-state index >= 15 is 0 Å². The van der Waals surface area contributed by atoms with Crippen LogP contribution < -0.4 is 11.1 Å². The molecule has 1 unspecified atom stereocenters. The number of likely N-dealkylation sites (N-methyl/N-ethyl adjacent to an activating group) is 1. The molecule has 2 heterocycles. The van der Waals surface area contributed by atoms with Gasteiger partial charge < -0.3 is 16.0 Å². The molecular formula is C22H27N5O2. The van der Waals surface area contributed by atoms with Crippen LogP contribution in [-0.2, 0) is 15.1 Å². The first kappa shape index (κ1) is 20.5. The third kappa shape index (κ3) is 4.45. The molecule has 0 radical (unpaired) electrons. The summed E-state index contributed by atoms with van der Waals surface area (Å²) in [6, 6.07) is 7.18. The zero-order valence-corrected chi connectivity index (χ0v) is 17.3. The number of rotatable bonds is 3. The lowest BCUT2D eigenvalue weighted by molar-refractivity contribution is -0.135. The maximum atomic E-state index is 12.8. The average Bonchev–Trinajstić information content (AvgIpc) is 2.64. The van der Waals surface area contributed by atoms with Gasteiger partial charge in [0.25, 0.3) is 11.8 Å². The van der Waals surface area contributed by atoms with Gasteiger partial charge in [-0.05, 0) is 57.4 Å². The summed E-state index contributed by atoms with van der Waals surface area (Å²) in [4.78, 5) is 35.9. The van der Waals surface area contributed by atoms with Crippen molar-refractivity contribution in [2.24, 2.45) is 15.7 Å². The van der Waals surface area contributed by atoms with Crippen LogP contribution in [0.15, 0.2) is 57.7 Å². The van der Waals surface area contributed by atoms with Crippen molar-refractivity contribution in [1.29, 1.82) is 0 Å². The first-order valence-corrected chi connectivity index (χ1v) is 9.61. The fraction of sp³-hybridized carbons (Fsp3) is 0.364. The Hall–Kier alpha value is -3.22. The minimum atomic E-state index is -1.11. The molecular weight excluding hydrogens is 366 g/mol. The highest BCUT2D eigenvalue weighted by atomic mass is 16.2. The van der Waals surface area contributed by atoms with Crippen LogP contribution in [0.1, 0.15) is 39.2 Å². The van der Waals surface area contributed by atoms with Gasteiger partial charge in [0.05, 0.1) is 6.54 Å². The molecule has 0 saturated heterocycles. The fourth-order valence-corrected chi connectivity index (χ4v) is 3.57. The van der Waals surface area contributed by atoms with Crippen LogP contribution in [0.3, 0.4) is 0 Å². The number of amides is 2. The van der Waals surface area contributed by atoms with Gasteiger partial charge >= 0.3 is 0 Å². The largest absolute Gasteiger partial charge is 0.386 e. The number of carbonyl (C=O) groups is 2. The van der Waals surface area contributed by atoms with E-state index in [9.17, 15) is 9.59 Å². The first-order chi connectivity index (χ1) is 13.7. The van der Waals surface area contributed by atoms with Crippen molar-refractivity contribution in [2.45, 2.75) is 39.2 Å². The molecule has 3 N–H and O–H groups in total. The van der Waals surface area contributed by atoms with Crippen LogP contribution in [-0.4, -0.2) is 41.9 Å². The molecule has 2 amide bonds. The summed E-state index contributed by atoms with van der Waals surface area (Å²) >= 11 is 0. The van der Waals surface area contributed by atoms with Crippen molar-refractivity contribution in [3.05, 3.63) is 53.3 Å². The summed E-state index contributed by atoms with van der Waals surface area (Å²) in [7, 11) is 1.70. The number of aliphatic imine (C=N–C) groups is 2. The van der Waals surface area contributed by atoms with Crippen molar-refractivity contribution in [2.75, 3.05) is 18.9 Å². The molecule has 1 aromatic carbocycles. The predicted octanol–water partition coefficient (Wildman–Crippen LogP) is 2.75. The zero-order valence-electron chi connectivity index (χ0n) is 17.3. The second-order valence-corrected chi connectivity index (χ2v) is 7.79. The second kappa shape index (κ2) is 8.03. The van der Waals surface area contributed by atoms with Crippen LogP contribution in [0.25, 0.3) is 0 Å². The van der Waals surface area contributed by atoms with Gasteiger partial charge in [-0.3, -0.25) is 14.6 Å². The number of anilines is 1. The third-order valence-electron chi connectivity index (χ3n) is 5.17. The number of hydrogen-bond donors (Lipinski definition) is 2. The smallest absolute Gasteiger partial charge is 0.255 e. The molecule has 3 rings (SSSR count). The molecule has 0 aliphatic carbocycles. The van der Waals surface area contributed by atoms with Crippen LogP contribution in [0.2, 0.25) is 0 Å². The number of nitrogens with one attached hydrogen (secondary N) is 1. The summed E-state index contributed by atoms with van der Waals surface area (Å²) in [6.45, 7) is 6.00. The van der Waals surface area contributed by atoms with Crippen molar-refractivity contribution < 1.29 is 9.59 Å². The van der Waals surface area contributed by atoms with E-state index in [1.807, 2.05) is 26.0 Å². The van der Waals surface area contributed by atoms with Gasteiger partial charge in [-0.15, -0.1) is 0 Å². The lowest BCUT2D eigenvalue weighted by Crippen LogP contribution is -2.51. The van der Waals surface area contributed by atoms with Gasteiger partial charge in [0, 0.05) is 30.2 Å². The maximum absolute atomic E-state index is 12.8. The highest BCUT2D eigenvalue weighted by molar-refractivity contribution is 6.04. The van der Waals surface area contributed by atoms with E-state index in [1.165, 1.54) is 5.57 Å². The van der Waals surface area contributed by atoms with E-state index < -0.39 is 5.54 Å². The Labute approximate surface area is 171 Å². The van der Waals surface area contributed by atoms with Gasteiger partial charge in [-0.1, -0.05) is 17.7 Å². The monoisotopic (exact) mass is 393 g/mol. The third-order valence-corrected chi connectivity index (χ3v) is 5.17. The Morgan fingerprint density at radius 1 is 1.28 bits per heavy atom. The minimum absolute atomic E-state index is 0.134. The molecule has 1 aromatic rings. The lowest BCUT2D eigenvalue weighted by Gasteiger charge is -2.34. The standard InChI is InChI=1S/C22H27N5O2/c1-14-8-9-16(12-24-15(2)10-14)20(28)25-18-7-5-6-17(11-18)22(3)21(29)27(4)13-19(23)26-22/h5-7,10-12H,8-9,13H2,1-4H3,(H2,23,26)(H,25,28). The average molecular weight is 393 g/mol. The normalized spacial score (nSPS) is 22.6. The van der Waals surface area contributed by atoms with Crippen molar-refractivity contribution in [1.82, 2.24) is 4.90 Å².